The molecule has 0 amide bonds. The van der Waals surface area contributed by atoms with Crippen molar-refractivity contribution in [2.45, 2.75) is 6.18 Å². The molecule has 3 nitrogen and oxygen atoms in total. The maximum Gasteiger partial charge on any atom is 0.417 e. The van der Waals surface area contributed by atoms with Gasteiger partial charge in [-0.15, -0.1) is 0 Å². The van der Waals surface area contributed by atoms with Crippen LogP contribution in [0.15, 0.2) is 36.4 Å². The number of nitrogens with two attached hydrogens (primary N) is 1. The molecular weight excluding hydrogens is 314 g/mol. The zero-order chi connectivity index (χ0) is 17.0. The van der Waals surface area contributed by atoms with E-state index in [1.165, 1.54) is 13.1 Å². The van der Waals surface area contributed by atoms with Crippen LogP contribution in [0.1, 0.15) is 5.56 Å². The number of ether oxygens (including phenoxy) is 2. The zero-order valence-corrected chi connectivity index (χ0v) is 12.3. The van der Waals surface area contributed by atoms with Gasteiger partial charge in [-0.05, 0) is 30.8 Å². The first-order valence-electron chi connectivity index (χ1n) is 6.80. The average Bonchev–Trinajstić information content (AvgIpc) is 2.55. The Morgan fingerprint density at radius 3 is 2.35 bits per heavy atom. The molecule has 0 bridgehead atoms. The molecule has 2 N–H and O–H groups in total. The summed E-state index contributed by atoms with van der Waals surface area (Å²) in [6.45, 7) is 0.596. The van der Waals surface area contributed by atoms with E-state index >= 15 is 0 Å². The smallest absolute Gasteiger partial charge is 0.417 e. The summed E-state index contributed by atoms with van der Waals surface area (Å²) in [4.78, 5) is 0. The third-order valence-corrected chi connectivity index (χ3v) is 3.14. The number of halogens is 4. The predicted octanol–water partition coefficient (Wildman–Crippen LogP) is 3.86. The summed E-state index contributed by atoms with van der Waals surface area (Å²) >= 11 is 0. The highest BCUT2D eigenvalue weighted by molar-refractivity contribution is 5.77. The van der Waals surface area contributed by atoms with Gasteiger partial charge in [-0.1, -0.05) is 18.2 Å². The maximum atomic E-state index is 13.2. The largest absolute Gasteiger partial charge is 0.486 e. The Labute approximate surface area is 130 Å². The van der Waals surface area contributed by atoms with Crippen molar-refractivity contribution in [1.82, 2.24) is 0 Å². The van der Waals surface area contributed by atoms with E-state index in [2.05, 4.69) is 5.73 Å². The molecule has 0 unspecified atom stereocenters. The van der Waals surface area contributed by atoms with Gasteiger partial charge in [0.05, 0.1) is 5.56 Å². The summed E-state index contributed by atoms with van der Waals surface area (Å²) in [6.07, 6.45) is -4.66. The van der Waals surface area contributed by atoms with Gasteiger partial charge in [-0.2, -0.15) is 13.2 Å². The SMILES string of the molecule is CN.Fc1ccc(-c2cccc3c2OCCO3)c(C(F)(F)F)c1. The lowest BCUT2D eigenvalue weighted by molar-refractivity contribution is -0.137. The van der Waals surface area contributed by atoms with Crippen LogP contribution in [0, 0.1) is 5.82 Å². The fourth-order valence-electron chi connectivity index (χ4n) is 2.27. The molecule has 3 rings (SSSR count). The highest BCUT2D eigenvalue weighted by atomic mass is 19.4. The van der Waals surface area contributed by atoms with Gasteiger partial charge in [0.1, 0.15) is 19.0 Å². The van der Waals surface area contributed by atoms with Crippen molar-refractivity contribution in [2.75, 3.05) is 20.3 Å². The second kappa shape index (κ2) is 6.87. The van der Waals surface area contributed by atoms with Gasteiger partial charge < -0.3 is 15.2 Å². The summed E-state index contributed by atoms with van der Waals surface area (Å²) in [5.74, 6) is -0.301. The Balaban J connectivity index is 0.000000924. The number of alkyl halides is 3. The number of benzene rings is 2. The van der Waals surface area contributed by atoms with Crippen LogP contribution < -0.4 is 15.2 Å². The first-order chi connectivity index (χ1) is 11.0. The van der Waals surface area contributed by atoms with E-state index in [1.54, 1.807) is 12.1 Å². The molecule has 23 heavy (non-hydrogen) atoms. The molecule has 1 aliphatic rings. The van der Waals surface area contributed by atoms with Gasteiger partial charge in [0, 0.05) is 5.56 Å². The van der Waals surface area contributed by atoms with Crippen molar-refractivity contribution in [2.24, 2.45) is 5.73 Å². The molecule has 0 radical (unpaired) electrons. The molecular formula is C16H15F4NO2. The summed E-state index contributed by atoms with van der Waals surface area (Å²) in [6, 6.07) is 7.27. The second-order valence-corrected chi connectivity index (χ2v) is 4.52. The number of hydrogen-bond acceptors (Lipinski definition) is 3. The maximum absolute atomic E-state index is 13.2. The third kappa shape index (κ3) is 3.56. The van der Waals surface area contributed by atoms with Crippen LogP contribution in [0.5, 0.6) is 11.5 Å². The molecule has 124 valence electrons. The van der Waals surface area contributed by atoms with Gasteiger partial charge in [-0.3, -0.25) is 0 Å². The van der Waals surface area contributed by atoms with Gasteiger partial charge in [0.2, 0.25) is 0 Å². The van der Waals surface area contributed by atoms with Crippen LogP contribution in [-0.4, -0.2) is 20.3 Å². The van der Waals surface area contributed by atoms with Gasteiger partial charge >= 0.3 is 6.18 Å². The Morgan fingerprint density at radius 1 is 0.957 bits per heavy atom. The molecule has 2 aromatic rings. The van der Waals surface area contributed by atoms with Crippen molar-refractivity contribution in [3.05, 3.63) is 47.8 Å². The van der Waals surface area contributed by atoms with Gasteiger partial charge in [0.15, 0.2) is 11.5 Å². The minimum absolute atomic E-state index is 0.133. The second-order valence-electron chi connectivity index (χ2n) is 4.52. The molecule has 0 spiro atoms. The molecule has 0 saturated carbocycles. The normalized spacial score (nSPS) is 13.1. The Bertz CT molecular complexity index is 686. The molecule has 0 fully saturated rings. The number of fused-ring (bicyclic) bond motifs is 1. The molecule has 1 aliphatic heterocycles. The minimum Gasteiger partial charge on any atom is -0.486 e. The Hall–Kier alpha value is -2.28. The summed E-state index contributed by atoms with van der Waals surface area (Å²) in [7, 11) is 1.50. The molecule has 1 heterocycles. The molecule has 0 aromatic heterocycles. The number of hydrogen-bond donors (Lipinski definition) is 1. The lowest BCUT2D eigenvalue weighted by Gasteiger charge is -2.22. The first kappa shape index (κ1) is 17.1. The quantitative estimate of drug-likeness (QED) is 0.808. The standard InChI is InChI=1S/C15H10F4O2.CH5N/c16-9-4-5-10(12(8-9)15(17,18)19)11-2-1-3-13-14(11)21-7-6-20-13;1-2/h1-5,8H,6-7H2;2H2,1H3. The van der Waals surface area contributed by atoms with E-state index in [1.807, 2.05) is 0 Å². The van der Waals surface area contributed by atoms with E-state index in [0.717, 1.165) is 12.1 Å². The monoisotopic (exact) mass is 329 g/mol. The van der Waals surface area contributed by atoms with Crippen molar-refractivity contribution in [3.63, 3.8) is 0 Å². The van der Waals surface area contributed by atoms with E-state index < -0.39 is 17.6 Å². The van der Waals surface area contributed by atoms with E-state index in [4.69, 9.17) is 9.47 Å². The summed E-state index contributed by atoms with van der Waals surface area (Å²) < 4.78 is 63.3. The molecule has 0 aliphatic carbocycles. The van der Waals surface area contributed by atoms with E-state index in [9.17, 15) is 17.6 Å². The van der Waals surface area contributed by atoms with E-state index in [0.29, 0.717) is 18.4 Å². The highest BCUT2D eigenvalue weighted by Crippen LogP contribution is 2.44. The first-order valence-corrected chi connectivity index (χ1v) is 6.80. The van der Waals surface area contributed by atoms with Crippen LogP contribution in [0.4, 0.5) is 17.6 Å². The lowest BCUT2D eigenvalue weighted by atomic mass is 9.97. The van der Waals surface area contributed by atoms with Crippen molar-refractivity contribution in [3.8, 4) is 22.6 Å². The van der Waals surface area contributed by atoms with Crippen LogP contribution in [0.3, 0.4) is 0 Å². The van der Waals surface area contributed by atoms with Crippen molar-refractivity contribution in [1.29, 1.82) is 0 Å². The van der Waals surface area contributed by atoms with Gasteiger partial charge in [0.25, 0.3) is 0 Å². The average molecular weight is 329 g/mol. The highest BCUT2D eigenvalue weighted by Gasteiger charge is 2.35. The number of para-hydroxylation sites is 1. The minimum atomic E-state index is -4.66. The fraction of sp³-hybridized carbons (Fsp3) is 0.250. The third-order valence-electron chi connectivity index (χ3n) is 3.14. The van der Waals surface area contributed by atoms with Crippen LogP contribution in [0.25, 0.3) is 11.1 Å². The molecule has 2 aromatic carbocycles. The van der Waals surface area contributed by atoms with Crippen LogP contribution >= 0.6 is 0 Å². The fourth-order valence-corrected chi connectivity index (χ4v) is 2.27. The van der Waals surface area contributed by atoms with Crippen molar-refractivity contribution >= 4 is 0 Å². The van der Waals surface area contributed by atoms with Gasteiger partial charge in [-0.25, -0.2) is 4.39 Å². The summed E-state index contributed by atoms with van der Waals surface area (Å²) in [5.41, 5.74) is 3.57. The summed E-state index contributed by atoms with van der Waals surface area (Å²) in [5, 5.41) is 0. The number of rotatable bonds is 1. The molecule has 0 saturated heterocycles. The van der Waals surface area contributed by atoms with Crippen LogP contribution in [0.2, 0.25) is 0 Å². The van der Waals surface area contributed by atoms with E-state index in [-0.39, 0.29) is 23.5 Å². The topological polar surface area (TPSA) is 44.5 Å². The zero-order valence-electron chi connectivity index (χ0n) is 12.3. The molecule has 7 heteroatoms. The Kier molecular flexibility index (Phi) is 5.10. The lowest BCUT2D eigenvalue weighted by Crippen LogP contribution is -2.16. The Morgan fingerprint density at radius 2 is 1.65 bits per heavy atom. The predicted molar refractivity (Wildman–Crippen MR) is 77.9 cm³/mol. The van der Waals surface area contributed by atoms with Crippen LogP contribution in [-0.2, 0) is 6.18 Å². The van der Waals surface area contributed by atoms with Crippen molar-refractivity contribution < 1.29 is 27.0 Å². The molecule has 0 atom stereocenters.